The number of benzene rings is 1. The van der Waals surface area contributed by atoms with E-state index in [1.165, 1.54) is 5.56 Å². The van der Waals surface area contributed by atoms with E-state index < -0.39 is 0 Å². The minimum atomic E-state index is -0.231. The van der Waals surface area contributed by atoms with Crippen LogP contribution < -0.4 is 16.2 Å². The van der Waals surface area contributed by atoms with Crippen LogP contribution in [0.2, 0.25) is 0 Å². The van der Waals surface area contributed by atoms with E-state index in [0.29, 0.717) is 19.6 Å². The van der Waals surface area contributed by atoms with Crippen molar-refractivity contribution in [3.05, 3.63) is 34.3 Å². The zero-order valence-corrected chi connectivity index (χ0v) is 20.7. The summed E-state index contributed by atoms with van der Waals surface area (Å²) in [7, 11) is 4.10. The highest BCUT2D eigenvalue weighted by atomic mass is 79.9. The SMILES string of the molecule is CN(C)CC(C)(C)CNC(=O)C1CCN(C(=O)C2CC(c3ccc(Br)cc3)NN2)CC1. The van der Waals surface area contributed by atoms with E-state index in [-0.39, 0.29) is 35.2 Å². The van der Waals surface area contributed by atoms with Crippen molar-refractivity contribution < 1.29 is 9.59 Å². The number of amides is 2. The fourth-order valence-electron chi connectivity index (χ4n) is 4.60. The lowest BCUT2D eigenvalue weighted by Gasteiger charge is -2.34. The smallest absolute Gasteiger partial charge is 0.241 e. The summed E-state index contributed by atoms with van der Waals surface area (Å²) in [6.07, 6.45) is 2.17. The summed E-state index contributed by atoms with van der Waals surface area (Å²) in [5.41, 5.74) is 7.62. The number of nitrogens with zero attached hydrogens (tertiary/aromatic N) is 2. The lowest BCUT2D eigenvalue weighted by atomic mass is 9.91. The van der Waals surface area contributed by atoms with Gasteiger partial charge in [-0.25, -0.2) is 10.9 Å². The molecule has 0 aliphatic carbocycles. The molecule has 2 amide bonds. The summed E-state index contributed by atoms with van der Waals surface area (Å²) < 4.78 is 1.04. The molecule has 0 spiro atoms. The summed E-state index contributed by atoms with van der Waals surface area (Å²) >= 11 is 3.46. The Morgan fingerprint density at radius 3 is 2.42 bits per heavy atom. The van der Waals surface area contributed by atoms with Crippen molar-refractivity contribution in [2.45, 2.75) is 45.2 Å². The largest absolute Gasteiger partial charge is 0.355 e. The van der Waals surface area contributed by atoms with E-state index in [0.717, 1.165) is 30.3 Å². The molecular formula is C23H36BrN5O2. The number of hydrogen-bond donors (Lipinski definition) is 3. The Labute approximate surface area is 194 Å². The molecule has 0 saturated carbocycles. The fraction of sp³-hybridized carbons (Fsp3) is 0.652. The van der Waals surface area contributed by atoms with Crippen molar-refractivity contribution in [2.75, 3.05) is 40.3 Å². The maximum Gasteiger partial charge on any atom is 0.241 e. The Bertz CT molecular complexity index is 760. The lowest BCUT2D eigenvalue weighted by Crippen LogP contribution is -2.50. The van der Waals surface area contributed by atoms with E-state index in [4.69, 9.17) is 0 Å². The zero-order chi connectivity index (χ0) is 22.6. The Kier molecular flexibility index (Phi) is 8.13. The third-order valence-electron chi connectivity index (χ3n) is 6.14. The molecule has 1 aromatic rings. The molecule has 7 nitrogen and oxygen atoms in total. The topological polar surface area (TPSA) is 76.7 Å². The van der Waals surface area contributed by atoms with Crippen molar-refractivity contribution in [3.63, 3.8) is 0 Å². The zero-order valence-electron chi connectivity index (χ0n) is 19.1. The number of likely N-dealkylation sites (tertiary alicyclic amines) is 1. The van der Waals surface area contributed by atoms with Crippen LogP contribution in [0.25, 0.3) is 0 Å². The molecule has 3 rings (SSSR count). The summed E-state index contributed by atoms with van der Waals surface area (Å²) in [6.45, 7) is 7.19. The molecule has 2 aliphatic heterocycles. The number of carbonyl (C=O) groups is 2. The minimum absolute atomic E-state index is 0.00983. The van der Waals surface area contributed by atoms with Gasteiger partial charge in [0, 0.05) is 42.6 Å². The van der Waals surface area contributed by atoms with Crippen LogP contribution in [0.4, 0.5) is 0 Å². The molecule has 3 N–H and O–H groups in total. The van der Waals surface area contributed by atoms with Crippen LogP contribution in [0.15, 0.2) is 28.7 Å². The second-order valence-corrected chi connectivity index (χ2v) is 10.8. The second kappa shape index (κ2) is 10.4. The lowest BCUT2D eigenvalue weighted by molar-refractivity contribution is -0.137. The van der Waals surface area contributed by atoms with Crippen LogP contribution in [0.1, 0.15) is 44.7 Å². The maximum absolute atomic E-state index is 13.0. The second-order valence-electron chi connectivity index (χ2n) is 9.90. The average Bonchev–Trinajstić information content (AvgIpc) is 3.21. The molecule has 2 atom stereocenters. The molecular weight excluding hydrogens is 458 g/mol. The van der Waals surface area contributed by atoms with E-state index in [9.17, 15) is 9.59 Å². The minimum Gasteiger partial charge on any atom is -0.355 e. The summed E-state index contributed by atoms with van der Waals surface area (Å²) in [5, 5.41) is 3.13. The van der Waals surface area contributed by atoms with Gasteiger partial charge in [-0.05, 0) is 56.5 Å². The number of nitrogens with one attached hydrogen (secondary N) is 3. The molecule has 31 heavy (non-hydrogen) atoms. The molecule has 2 fully saturated rings. The Morgan fingerprint density at radius 2 is 1.81 bits per heavy atom. The number of rotatable bonds is 7. The summed E-state index contributed by atoms with van der Waals surface area (Å²) in [5.74, 6) is 0.234. The van der Waals surface area contributed by atoms with Gasteiger partial charge in [0.2, 0.25) is 11.8 Å². The van der Waals surface area contributed by atoms with Crippen molar-refractivity contribution in [2.24, 2.45) is 11.3 Å². The predicted molar refractivity (Wildman–Crippen MR) is 126 cm³/mol. The number of carbonyl (C=O) groups excluding carboxylic acids is 2. The Morgan fingerprint density at radius 1 is 1.16 bits per heavy atom. The Balaban J connectivity index is 1.43. The summed E-state index contributed by atoms with van der Waals surface area (Å²) in [6, 6.07) is 8.06. The number of hydrogen-bond acceptors (Lipinski definition) is 5. The predicted octanol–water partition coefficient (Wildman–Crippen LogP) is 2.30. The van der Waals surface area contributed by atoms with E-state index in [1.54, 1.807) is 0 Å². The highest BCUT2D eigenvalue weighted by Gasteiger charge is 2.35. The van der Waals surface area contributed by atoms with E-state index in [2.05, 4.69) is 63.0 Å². The quantitative estimate of drug-likeness (QED) is 0.543. The number of hydrazine groups is 1. The molecule has 0 aromatic heterocycles. The third kappa shape index (κ3) is 6.75. The monoisotopic (exact) mass is 493 g/mol. The standard InChI is InChI=1S/C23H36BrN5O2/c1-23(2,15-28(3)4)14-25-21(30)17-9-11-29(12-10-17)22(31)20-13-19(26-27-20)16-5-7-18(24)8-6-16/h5-8,17,19-20,26-27H,9-15H2,1-4H3,(H,25,30). The molecule has 2 aliphatic rings. The van der Waals surface area contributed by atoms with Gasteiger partial charge in [0.15, 0.2) is 0 Å². The number of halogens is 1. The van der Waals surface area contributed by atoms with Gasteiger partial charge in [-0.2, -0.15) is 0 Å². The first-order valence-electron chi connectivity index (χ1n) is 11.1. The molecule has 0 bridgehead atoms. The van der Waals surface area contributed by atoms with Crippen molar-refractivity contribution >= 4 is 27.7 Å². The van der Waals surface area contributed by atoms with Gasteiger partial charge in [0.1, 0.15) is 6.04 Å². The van der Waals surface area contributed by atoms with Crippen molar-refractivity contribution in [1.82, 2.24) is 26.0 Å². The molecule has 2 saturated heterocycles. The summed E-state index contributed by atoms with van der Waals surface area (Å²) in [4.78, 5) is 29.7. The molecule has 172 valence electrons. The van der Waals surface area contributed by atoms with Crippen molar-refractivity contribution in [1.29, 1.82) is 0 Å². The normalized spacial score (nSPS) is 22.7. The Hall–Kier alpha value is -1.48. The van der Waals surface area contributed by atoms with Crippen molar-refractivity contribution in [3.8, 4) is 0 Å². The molecule has 0 radical (unpaired) electrons. The first-order valence-corrected chi connectivity index (χ1v) is 11.9. The molecule has 2 heterocycles. The van der Waals surface area contributed by atoms with Crippen LogP contribution in [0.5, 0.6) is 0 Å². The molecule has 8 heteroatoms. The van der Waals surface area contributed by atoms with Gasteiger partial charge in [-0.15, -0.1) is 0 Å². The highest BCUT2D eigenvalue weighted by molar-refractivity contribution is 9.10. The van der Waals surface area contributed by atoms with Gasteiger partial charge in [0.25, 0.3) is 0 Å². The van der Waals surface area contributed by atoms with Gasteiger partial charge in [-0.1, -0.05) is 41.9 Å². The first kappa shape index (κ1) is 24.2. The maximum atomic E-state index is 13.0. The van der Waals surface area contributed by atoms with Gasteiger partial charge in [0.05, 0.1) is 0 Å². The van der Waals surface area contributed by atoms with Crippen LogP contribution in [0, 0.1) is 11.3 Å². The third-order valence-corrected chi connectivity index (χ3v) is 6.67. The number of piperidine rings is 1. The highest BCUT2D eigenvalue weighted by Crippen LogP contribution is 2.26. The van der Waals surface area contributed by atoms with Crippen LogP contribution >= 0.6 is 15.9 Å². The molecule has 2 unspecified atom stereocenters. The van der Waals surface area contributed by atoms with Gasteiger partial charge < -0.3 is 15.1 Å². The van der Waals surface area contributed by atoms with Crippen LogP contribution in [-0.2, 0) is 9.59 Å². The van der Waals surface area contributed by atoms with Crippen LogP contribution in [-0.4, -0.2) is 67.9 Å². The fourth-order valence-corrected chi connectivity index (χ4v) is 4.86. The average molecular weight is 494 g/mol. The molecule has 1 aromatic carbocycles. The van der Waals surface area contributed by atoms with Crippen LogP contribution in [0.3, 0.4) is 0 Å². The van der Waals surface area contributed by atoms with Gasteiger partial charge >= 0.3 is 0 Å². The van der Waals surface area contributed by atoms with E-state index >= 15 is 0 Å². The van der Waals surface area contributed by atoms with E-state index in [1.807, 2.05) is 31.1 Å². The first-order chi connectivity index (χ1) is 14.6. The van der Waals surface area contributed by atoms with Gasteiger partial charge in [-0.3, -0.25) is 9.59 Å².